The van der Waals surface area contributed by atoms with E-state index in [2.05, 4.69) is 33.7 Å². The Morgan fingerprint density at radius 3 is 2.46 bits per heavy atom. The normalized spacial score (nSPS) is 10.1. The van der Waals surface area contributed by atoms with E-state index < -0.39 is 5.91 Å². The average molecular weight is 391 g/mol. The van der Waals surface area contributed by atoms with Crippen LogP contribution in [0.1, 0.15) is 40.5 Å². The summed E-state index contributed by atoms with van der Waals surface area (Å²) >= 11 is 3.34. The van der Waals surface area contributed by atoms with Gasteiger partial charge in [-0.1, -0.05) is 47.5 Å². The van der Waals surface area contributed by atoms with Gasteiger partial charge in [0.05, 0.1) is 12.2 Å². The maximum absolute atomic E-state index is 12.4. The number of hydrogen-bond acceptors (Lipinski definition) is 3. The van der Waals surface area contributed by atoms with Crippen molar-refractivity contribution in [3.05, 3.63) is 64.1 Å². The lowest BCUT2D eigenvalue weighted by atomic mass is 10.2. The van der Waals surface area contributed by atoms with Gasteiger partial charge >= 0.3 is 0 Å². The number of nitrogens with one attached hydrogen (secondary N) is 2. The summed E-state index contributed by atoms with van der Waals surface area (Å²) < 4.78 is 6.41. The lowest BCUT2D eigenvalue weighted by Crippen LogP contribution is -2.41. The van der Waals surface area contributed by atoms with Crippen LogP contribution in [0.2, 0.25) is 0 Å². The van der Waals surface area contributed by atoms with Crippen LogP contribution in [0.3, 0.4) is 0 Å². The predicted octanol–water partition coefficient (Wildman–Crippen LogP) is 3.70. The smallest absolute Gasteiger partial charge is 0.273 e. The molecule has 0 aliphatic rings. The van der Waals surface area contributed by atoms with Gasteiger partial charge < -0.3 is 4.74 Å². The third kappa shape index (κ3) is 5.09. The van der Waals surface area contributed by atoms with E-state index in [9.17, 15) is 9.59 Å². The summed E-state index contributed by atoms with van der Waals surface area (Å²) in [5, 5.41) is 0. The second-order valence-electron chi connectivity index (χ2n) is 5.12. The van der Waals surface area contributed by atoms with Crippen molar-refractivity contribution in [3.8, 4) is 5.75 Å². The Morgan fingerprint density at radius 2 is 1.75 bits per heavy atom. The molecule has 2 rings (SSSR count). The minimum absolute atomic E-state index is 0.355. The maximum Gasteiger partial charge on any atom is 0.273 e. The van der Waals surface area contributed by atoms with Crippen LogP contribution < -0.4 is 15.6 Å². The maximum atomic E-state index is 12.4. The first-order chi connectivity index (χ1) is 11.6. The first-order valence-corrected chi connectivity index (χ1v) is 8.49. The minimum Gasteiger partial charge on any atom is -0.493 e. The second-order valence-corrected chi connectivity index (χ2v) is 6.03. The number of rotatable bonds is 6. The number of amides is 2. The molecule has 5 nitrogen and oxygen atoms in total. The van der Waals surface area contributed by atoms with Gasteiger partial charge in [0.25, 0.3) is 11.8 Å². The van der Waals surface area contributed by atoms with Crippen molar-refractivity contribution in [2.45, 2.75) is 19.8 Å². The minimum atomic E-state index is -0.438. The van der Waals surface area contributed by atoms with Gasteiger partial charge in [0.1, 0.15) is 5.75 Å². The fourth-order valence-electron chi connectivity index (χ4n) is 1.97. The number of ether oxygens (including phenoxy) is 1. The van der Waals surface area contributed by atoms with E-state index in [1.165, 1.54) is 0 Å². The third-order valence-electron chi connectivity index (χ3n) is 3.27. The molecule has 0 atom stereocenters. The predicted molar refractivity (Wildman–Crippen MR) is 95.9 cm³/mol. The van der Waals surface area contributed by atoms with Crippen LogP contribution in [0.25, 0.3) is 0 Å². The van der Waals surface area contributed by atoms with E-state index in [1.807, 2.05) is 6.07 Å². The molecule has 126 valence electrons. The van der Waals surface area contributed by atoms with E-state index in [-0.39, 0.29) is 5.91 Å². The molecule has 2 aromatic rings. The molecule has 2 aromatic carbocycles. The second kappa shape index (κ2) is 9.08. The standard InChI is InChI=1S/C18H19BrN2O3/c1-2-3-11-24-16-10-9-14(19)12-15(16)18(23)21-20-17(22)13-7-5-4-6-8-13/h4-10,12H,2-3,11H2,1H3,(H,20,22)(H,21,23). The Labute approximate surface area is 149 Å². The molecule has 24 heavy (non-hydrogen) atoms. The fourth-order valence-corrected chi connectivity index (χ4v) is 2.34. The summed E-state index contributed by atoms with van der Waals surface area (Å²) in [6.45, 7) is 2.60. The van der Waals surface area contributed by atoms with Gasteiger partial charge in [0, 0.05) is 10.0 Å². The highest BCUT2D eigenvalue weighted by atomic mass is 79.9. The molecule has 0 bridgehead atoms. The van der Waals surface area contributed by atoms with Gasteiger partial charge in [-0.15, -0.1) is 0 Å². The van der Waals surface area contributed by atoms with Gasteiger partial charge in [-0.25, -0.2) is 0 Å². The lowest BCUT2D eigenvalue weighted by Gasteiger charge is -2.12. The van der Waals surface area contributed by atoms with Gasteiger partial charge in [-0.3, -0.25) is 20.4 Å². The molecule has 0 unspecified atom stereocenters. The van der Waals surface area contributed by atoms with Crippen molar-refractivity contribution in [1.29, 1.82) is 0 Å². The van der Waals surface area contributed by atoms with E-state index in [0.717, 1.165) is 17.3 Å². The van der Waals surface area contributed by atoms with E-state index >= 15 is 0 Å². The lowest BCUT2D eigenvalue weighted by molar-refractivity contribution is 0.0844. The Kier molecular flexibility index (Phi) is 6.81. The number of carbonyl (C=O) groups is 2. The van der Waals surface area contributed by atoms with Gasteiger partial charge in [-0.2, -0.15) is 0 Å². The topological polar surface area (TPSA) is 67.4 Å². The van der Waals surface area contributed by atoms with Crippen LogP contribution in [-0.2, 0) is 0 Å². The Morgan fingerprint density at radius 1 is 1.04 bits per heavy atom. The largest absolute Gasteiger partial charge is 0.493 e. The molecule has 0 fully saturated rings. The summed E-state index contributed by atoms with van der Waals surface area (Å²) in [6, 6.07) is 13.9. The summed E-state index contributed by atoms with van der Waals surface area (Å²) in [5.74, 6) is -0.336. The SMILES string of the molecule is CCCCOc1ccc(Br)cc1C(=O)NNC(=O)c1ccccc1. The summed E-state index contributed by atoms with van der Waals surface area (Å²) in [5.41, 5.74) is 5.64. The van der Waals surface area contributed by atoms with E-state index in [0.29, 0.717) is 23.5 Å². The van der Waals surface area contributed by atoms with Crippen LogP contribution >= 0.6 is 15.9 Å². The zero-order valence-electron chi connectivity index (χ0n) is 13.3. The first kappa shape index (κ1) is 18.0. The van der Waals surface area contributed by atoms with E-state index in [1.54, 1.807) is 42.5 Å². The molecule has 0 aromatic heterocycles. The van der Waals surface area contributed by atoms with Gasteiger partial charge in [0.2, 0.25) is 0 Å². The van der Waals surface area contributed by atoms with Crippen LogP contribution in [0.5, 0.6) is 5.75 Å². The van der Waals surface area contributed by atoms with E-state index in [4.69, 9.17) is 4.74 Å². The number of halogens is 1. The molecule has 0 saturated heterocycles. The molecule has 0 spiro atoms. The summed E-state index contributed by atoms with van der Waals surface area (Å²) in [6.07, 6.45) is 1.91. The highest BCUT2D eigenvalue weighted by molar-refractivity contribution is 9.10. The molecule has 0 saturated carbocycles. The average Bonchev–Trinajstić information content (AvgIpc) is 2.61. The zero-order valence-corrected chi connectivity index (χ0v) is 14.9. The van der Waals surface area contributed by atoms with Crippen molar-refractivity contribution in [2.24, 2.45) is 0 Å². The van der Waals surface area contributed by atoms with Crippen LogP contribution in [-0.4, -0.2) is 18.4 Å². The number of hydrazine groups is 1. The Balaban J connectivity index is 2.03. The molecular weight excluding hydrogens is 372 g/mol. The van der Waals surface area contributed by atoms with Crippen molar-refractivity contribution in [1.82, 2.24) is 10.9 Å². The van der Waals surface area contributed by atoms with Gasteiger partial charge in [0.15, 0.2) is 0 Å². The van der Waals surface area contributed by atoms with Crippen molar-refractivity contribution < 1.29 is 14.3 Å². The Hall–Kier alpha value is -2.34. The van der Waals surface area contributed by atoms with Crippen molar-refractivity contribution in [3.63, 3.8) is 0 Å². The van der Waals surface area contributed by atoms with Crippen LogP contribution in [0, 0.1) is 0 Å². The van der Waals surface area contributed by atoms with Gasteiger partial charge in [-0.05, 0) is 36.8 Å². The number of unbranched alkanes of at least 4 members (excludes halogenated alkanes) is 1. The molecule has 2 amide bonds. The molecule has 6 heteroatoms. The first-order valence-electron chi connectivity index (χ1n) is 7.70. The molecule has 0 heterocycles. The highest BCUT2D eigenvalue weighted by Crippen LogP contribution is 2.23. The monoisotopic (exact) mass is 390 g/mol. The van der Waals surface area contributed by atoms with Crippen molar-refractivity contribution >= 4 is 27.7 Å². The number of benzene rings is 2. The molecule has 0 radical (unpaired) electrons. The highest BCUT2D eigenvalue weighted by Gasteiger charge is 2.14. The molecule has 0 aliphatic heterocycles. The fraction of sp³-hybridized carbons (Fsp3) is 0.222. The number of hydrogen-bond donors (Lipinski definition) is 2. The molecule has 2 N–H and O–H groups in total. The Bertz CT molecular complexity index is 705. The summed E-state index contributed by atoms with van der Waals surface area (Å²) in [7, 11) is 0. The summed E-state index contributed by atoms with van der Waals surface area (Å²) in [4.78, 5) is 24.3. The van der Waals surface area contributed by atoms with Crippen LogP contribution in [0.4, 0.5) is 0 Å². The third-order valence-corrected chi connectivity index (χ3v) is 3.76. The molecule has 0 aliphatic carbocycles. The van der Waals surface area contributed by atoms with Crippen LogP contribution in [0.15, 0.2) is 53.0 Å². The molecular formula is C18H19BrN2O3. The number of carbonyl (C=O) groups excluding carboxylic acids is 2. The van der Waals surface area contributed by atoms with Crippen molar-refractivity contribution in [2.75, 3.05) is 6.61 Å². The quantitative estimate of drug-likeness (QED) is 0.583. The zero-order chi connectivity index (χ0) is 17.4.